The van der Waals surface area contributed by atoms with Crippen LogP contribution in [0.4, 0.5) is 0 Å². The van der Waals surface area contributed by atoms with E-state index >= 15 is 0 Å². The summed E-state index contributed by atoms with van der Waals surface area (Å²) in [6.07, 6.45) is 0. The highest BCUT2D eigenvalue weighted by Crippen LogP contribution is 2.71. The van der Waals surface area contributed by atoms with Gasteiger partial charge in [0.05, 0.1) is 0 Å². The fraction of sp³-hybridized carbons (Fsp3) is 0.429. The van der Waals surface area contributed by atoms with E-state index in [0.29, 0.717) is 5.56 Å². The average molecular weight is 302 g/mol. The highest BCUT2D eigenvalue weighted by Gasteiger charge is 2.43. The molecule has 0 spiro atoms. The van der Waals surface area contributed by atoms with E-state index in [1.165, 1.54) is 0 Å². The highest BCUT2D eigenvalue weighted by atomic mass is 32.5. The van der Waals surface area contributed by atoms with Gasteiger partial charge in [-0.25, -0.2) is 0 Å². The molecule has 1 aromatic heterocycles. The first-order valence-corrected chi connectivity index (χ1v) is 9.54. The van der Waals surface area contributed by atoms with Crippen molar-refractivity contribution in [1.29, 1.82) is 0 Å². The van der Waals surface area contributed by atoms with Crippen LogP contribution in [0.15, 0.2) is 5.38 Å². The minimum atomic E-state index is -4.68. The van der Waals surface area contributed by atoms with Crippen molar-refractivity contribution in [1.82, 2.24) is 0 Å². The van der Waals surface area contributed by atoms with Gasteiger partial charge in [0.15, 0.2) is 5.40 Å². The molecule has 92 valence electrons. The minimum absolute atomic E-state index is 0.263. The van der Waals surface area contributed by atoms with Crippen LogP contribution in [0.1, 0.15) is 21.4 Å². The molecular formula is C7H12O5P2S2. The first-order chi connectivity index (χ1) is 7.05. The summed E-state index contributed by atoms with van der Waals surface area (Å²) in [5, 5.41) is 0.0342. The van der Waals surface area contributed by atoms with Crippen molar-refractivity contribution in [2.45, 2.75) is 19.2 Å². The summed E-state index contributed by atoms with van der Waals surface area (Å²) in [5.41, 5.74) is 1.50. The zero-order valence-electron chi connectivity index (χ0n) is 8.56. The van der Waals surface area contributed by atoms with E-state index in [1.807, 2.05) is 0 Å². The Morgan fingerprint density at radius 3 is 2.06 bits per heavy atom. The quantitative estimate of drug-likeness (QED) is 0.636. The number of hydrogen-bond donors (Lipinski definition) is 4. The number of thiophene rings is 1. The van der Waals surface area contributed by atoms with Crippen molar-refractivity contribution in [2.75, 3.05) is 0 Å². The lowest BCUT2D eigenvalue weighted by Gasteiger charge is -2.22. The molecule has 0 saturated carbocycles. The molecule has 9 heteroatoms. The molecule has 1 heterocycles. The number of aryl methyl sites for hydroxylation is 1. The lowest BCUT2D eigenvalue weighted by molar-refractivity contribution is 0.363. The maximum absolute atomic E-state index is 11.3. The summed E-state index contributed by atoms with van der Waals surface area (Å²) in [7, 11) is -4.68. The molecule has 1 aromatic rings. The summed E-state index contributed by atoms with van der Waals surface area (Å²) in [4.78, 5) is 37.4. The van der Waals surface area contributed by atoms with Crippen LogP contribution in [-0.2, 0) is 16.4 Å². The molecule has 0 amide bonds. The molecule has 16 heavy (non-hydrogen) atoms. The van der Waals surface area contributed by atoms with Gasteiger partial charge in [-0.15, -0.1) is 11.3 Å². The third-order valence-corrected chi connectivity index (χ3v) is 8.57. The van der Waals surface area contributed by atoms with E-state index in [9.17, 15) is 14.4 Å². The van der Waals surface area contributed by atoms with Crippen molar-refractivity contribution in [2.24, 2.45) is 0 Å². The fourth-order valence-corrected chi connectivity index (χ4v) is 7.62. The SMILES string of the molecule is Cc1csc(C(P(=O)(O)O)P(O)(O)=S)c1C. The first kappa shape index (κ1) is 14.5. The maximum Gasteiger partial charge on any atom is 0.343 e. The third kappa shape index (κ3) is 3.00. The van der Waals surface area contributed by atoms with Gasteiger partial charge in [-0.05, 0) is 42.2 Å². The van der Waals surface area contributed by atoms with Crippen molar-refractivity contribution in [3.8, 4) is 0 Å². The predicted octanol–water partition coefficient (Wildman–Crippen LogP) is 1.84. The zero-order valence-corrected chi connectivity index (χ0v) is 12.0. The second-order valence-corrected chi connectivity index (χ2v) is 9.78. The van der Waals surface area contributed by atoms with Gasteiger partial charge in [0.1, 0.15) is 0 Å². The van der Waals surface area contributed by atoms with Crippen LogP contribution in [0, 0.1) is 13.8 Å². The van der Waals surface area contributed by atoms with Crippen LogP contribution in [-0.4, -0.2) is 19.6 Å². The van der Waals surface area contributed by atoms with Crippen LogP contribution >= 0.6 is 25.4 Å². The molecule has 1 atom stereocenters. The average Bonchev–Trinajstić information content (AvgIpc) is 2.31. The third-order valence-electron chi connectivity index (χ3n) is 2.20. The zero-order chi connectivity index (χ0) is 12.7. The number of rotatable bonds is 3. The van der Waals surface area contributed by atoms with Crippen molar-refractivity contribution >= 4 is 37.2 Å². The first-order valence-electron chi connectivity index (χ1n) is 4.20. The maximum atomic E-state index is 11.3. The largest absolute Gasteiger partial charge is 0.344 e. The Labute approximate surface area is 102 Å². The molecule has 0 radical (unpaired) electrons. The van der Waals surface area contributed by atoms with Gasteiger partial charge in [0.25, 0.3) is 0 Å². The Kier molecular flexibility index (Phi) is 4.16. The van der Waals surface area contributed by atoms with Gasteiger partial charge in [-0.3, -0.25) is 4.57 Å². The lowest BCUT2D eigenvalue weighted by atomic mass is 10.2. The molecule has 0 saturated heterocycles. The van der Waals surface area contributed by atoms with Crippen LogP contribution in [0.3, 0.4) is 0 Å². The topological polar surface area (TPSA) is 98.0 Å². The Morgan fingerprint density at radius 2 is 1.81 bits per heavy atom. The Morgan fingerprint density at radius 1 is 1.31 bits per heavy atom. The summed E-state index contributed by atoms with van der Waals surface area (Å²) in [6, 6.07) is 0. The molecule has 5 nitrogen and oxygen atoms in total. The van der Waals surface area contributed by atoms with E-state index in [0.717, 1.165) is 16.9 Å². The summed E-state index contributed by atoms with van der Waals surface area (Å²) < 4.78 is 11.3. The van der Waals surface area contributed by atoms with Crippen LogP contribution in [0.5, 0.6) is 0 Å². The predicted molar refractivity (Wildman–Crippen MR) is 67.3 cm³/mol. The van der Waals surface area contributed by atoms with Gasteiger partial charge in [0, 0.05) is 4.88 Å². The van der Waals surface area contributed by atoms with E-state index in [2.05, 4.69) is 11.8 Å². The smallest absolute Gasteiger partial charge is 0.343 e. The molecule has 0 bridgehead atoms. The summed E-state index contributed by atoms with van der Waals surface area (Å²) >= 11 is 5.53. The fourth-order valence-electron chi connectivity index (χ4n) is 1.28. The summed E-state index contributed by atoms with van der Waals surface area (Å²) in [5.74, 6) is 0. The minimum Gasteiger partial charge on any atom is -0.344 e. The second-order valence-electron chi connectivity index (χ2n) is 3.46. The van der Waals surface area contributed by atoms with E-state index < -0.39 is 19.5 Å². The molecule has 1 rings (SSSR count). The van der Waals surface area contributed by atoms with Gasteiger partial charge in [-0.1, -0.05) is 0 Å². The lowest BCUT2D eigenvalue weighted by Crippen LogP contribution is -2.00. The van der Waals surface area contributed by atoms with Crippen LogP contribution in [0.2, 0.25) is 0 Å². The molecule has 0 aliphatic heterocycles. The Balaban J connectivity index is 3.41. The van der Waals surface area contributed by atoms with E-state index in [1.54, 1.807) is 19.2 Å². The van der Waals surface area contributed by atoms with E-state index in [4.69, 9.17) is 9.79 Å². The normalized spacial score (nSPS) is 15.1. The molecule has 0 fully saturated rings. The van der Waals surface area contributed by atoms with Gasteiger partial charge in [-0.2, -0.15) is 0 Å². The van der Waals surface area contributed by atoms with Crippen LogP contribution < -0.4 is 0 Å². The van der Waals surface area contributed by atoms with Crippen LogP contribution in [0.25, 0.3) is 0 Å². The standard InChI is InChI=1S/C7H12O5P2S2/c1-4-3-16-6(5(4)2)7(13(8,9)10)14(11,12)15/h3,7H,1-2H3,(H2,8,9,10)(H2,11,12,15). The molecule has 4 N–H and O–H groups in total. The Hall–Kier alpha value is 0.420. The van der Waals surface area contributed by atoms with Crippen molar-refractivity contribution in [3.05, 3.63) is 21.4 Å². The molecule has 0 aromatic carbocycles. The second kappa shape index (κ2) is 4.59. The summed E-state index contributed by atoms with van der Waals surface area (Å²) in [6.45, 7) is -0.595. The molecule has 1 unspecified atom stereocenters. The highest BCUT2D eigenvalue weighted by molar-refractivity contribution is 8.11. The van der Waals surface area contributed by atoms with E-state index in [-0.39, 0.29) is 4.88 Å². The Bertz CT molecular complexity index is 463. The molecule has 0 aliphatic carbocycles. The van der Waals surface area contributed by atoms with Crippen molar-refractivity contribution < 1.29 is 24.1 Å². The van der Waals surface area contributed by atoms with Gasteiger partial charge in [0.2, 0.25) is 6.49 Å². The van der Waals surface area contributed by atoms with Gasteiger partial charge < -0.3 is 19.6 Å². The molecular weight excluding hydrogens is 290 g/mol. The van der Waals surface area contributed by atoms with Crippen molar-refractivity contribution in [3.63, 3.8) is 0 Å². The molecule has 0 aliphatic rings. The monoisotopic (exact) mass is 302 g/mol. The number of hydrogen-bond acceptors (Lipinski definition) is 3. The van der Waals surface area contributed by atoms with Gasteiger partial charge >= 0.3 is 7.60 Å².